The Morgan fingerprint density at radius 1 is 1.17 bits per heavy atom. The van der Waals surface area contributed by atoms with E-state index in [4.69, 9.17) is 21.7 Å². The first-order chi connectivity index (χ1) is 11.1. The maximum absolute atomic E-state index is 5.25. The van der Waals surface area contributed by atoms with Crippen molar-refractivity contribution in [2.75, 3.05) is 19.5 Å². The molecule has 2 rings (SSSR count). The van der Waals surface area contributed by atoms with E-state index in [1.54, 1.807) is 38.7 Å². The maximum atomic E-state index is 5.25. The number of ether oxygens (including phenoxy) is 2. The standard InChI is InChI=1S/C16H18N4O2S/c1-11(12-5-4-8-17-10-12)19-20-16(23)18-13-6-7-14(21-2)15(9-13)22-3/h4-10H,1-3H3,(H2,18,20,23). The average Bonchev–Trinajstić information content (AvgIpc) is 2.60. The summed E-state index contributed by atoms with van der Waals surface area (Å²) in [5.74, 6) is 1.28. The van der Waals surface area contributed by atoms with Crippen molar-refractivity contribution in [3.63, 3.8) is 0 Å². The summed E-state index contributed by atoms with van der Waals surface area (Å²) in [6.45, 7) is 1.88. The van der Waals surface area contributed by atoms with E-state index in [0.29, 0.717) is 16.6 Å². The van der Waals surface area contributed by atoms with E-state index in [9.17, 15) is 0 Å². The van der Waals surface area contributed by atoms with Crippen LogP contribution in [0.25, 0.3) is 0 Å². The van der Waals surface area contributed by atoms with Crippen molar-refractivity contribution in [3.05, 3.63) is 48.3 Å². The average molecular weight is 330 g/mol. The molecule has 0 spiro atoms. The molecular weight excluding hydrogens is 312 g/mol. The zero-order valence-electron chi connectivity index (χ0n) is 13.2. The predicted octanol–water partition coefficient (Wildman–Crippen LogP) is 2.81. The van der Waals surface area contributed by atoms with Crippen LogP contribution in [-0.4, -0.2) is 30.0 Å². The number of hydrazone groups is 1. The van der Waals surface area contributed by atoms with Crippen molar-refractivity contribution in [2.24, 2.45) is 5.10 Å². The zero-order chi connectivity index (χ0) is 16.7. The van der Waals surface area contributed by atoms with Gasteiger partial charge >= 0.3 is 0 Å². The summed E-state index contributed by atoms with van der Waals surface area (Å²) in [6.07, 6.45) is 3.46. The van der Waals surface area contributed by atoms with Gasteiger partial charge in [-0.05, 0) is 37.3 Å². The summed E-state index contributed by atoms with van der Waals surface area (Å²) in [5, 5.41) is 7.65. The smallest absolute Gasteiger partial charge is 0.191 e. The molecular formula is C16H18N4O2S. The molecule has 1 aromatic heterocycles. The van der Waals surface area contributed by atoms with Crippen molar-refractivity contribution in [2.45, 2.75) is 6.92 Å². The van der Waals surface area contributed by atoms with Gasteiger partial charge in [0.1, 0.15) is 0 Å². The molecule has 2 aromatic rings. The number of pyridine rings is 1. The molecule has 0 aliphatic carbocycles. The van der Waals surface area contributed by atoms with Crippen LogP contribution in [0.4, 0.5) is 5.69 Å². The van der Waals surface area contributed by atoms with Gasteiger partial charge < -0.3 is 14.8 Å². The van der Waals surface area contributed by atoms with Crippen LogP contribution in [0, 0.1) is 0 Å². The molecule has 0 fully saturated rings. The molecule has 0 radical (unpaired) electrons. The third kappa shape index (κ3) is 4.65. The van der Waals surface area contributed by atoms with Crippen LogP contribution in [-0.2, 0) is 0 Å². The number of hydrogen-bond donors (Lipinski definition) is 2. The van der Waals surface area contributed by atoms with E-state index in [2.05, 4.69) is 20.8 Å². The second kappa shape index (κ2) is 8.09. The van der Waals surface area contributed by atoms with E-state index in [0.717, 1.165) is 17.0 Å². The van der Waals surface area contributed by atoms with Crippen LogP contribution >= 0.6 is 12.2 Å². The fraction of sp³-hybridized carbons (Fsp3) is 0.188. The Kier molecular flexibility index (Phi) is 5.87. The van der Waals surface area contributed by atoms with Gasteiger partial charge in [0, 0.05) is 29.7 Å². The summed E-state index contributed by atoms with van der Waals surface area (Å²) in [4.78, 5) is 4.05. The normalized spacial score (nSPS) is 10.8. The second-order valence-corrected chi connectivity index (χ2v) is 4.98. The zero-order valence-corrected chi connectivity index (χ0v) is 14.0. The molecule has 0 aliphatic heterocycles. The van der Waals surface area contributed by atoms with Gasteiger partial charge in [-0.15, -0.1) is 0 Å². The van der Waals surface area contributed by atoms with Crippen LogP contribution in [0.1, 0.15) is 12.5 Å². The highest BCUT2D eigenvalue weighted by Gasteiger charge is 2.05. The Balaban J connectivity index is 2.00. The van der Waals surface area contributed by atoms with Crippen LogP contribution in [0.2, 0.25) is 0 Å². The number of nitrogens with zero attached hydrogens (tertiary/aromatic N) is 2. The van der Waals surface area contributed by atoms with Crippen molar-refractivity contribution in [1.29, 1.82) is 0 Å². The summed E-state index contributed by atoms with van der Waals surface area (Å²) < 4.78 is 10.4. The highest BCUT2D eigenvalue weighted by molar-refractivity contribution is 7.80. The molecule has 6 nitrogen and oxygen atoms in total. The molecule has 7 heteroatoms. The van der Waals surface area contributed by atoms with Crippen LogP contribution < -0.4 is 20.2 Å². The molecule has 120 valence electrons. The largest absolute Gasteiger partial charge is 0.493 e. The van der Waals surface area contributed by atoms with E-state index < -0.39 is 0 Å². The first-order valence-electron chi connectivity index (χ1n) is 6.87. The van der Waals surface area contributed by atoms with E-state index in [-0.39, 0.29) is 0 Å². The van der Waals surface area contributed by atoms with Gasteiger partial charge in [0.15, 0.2) is 16.6 Å². The van der Waals surface area contributed by atoms with Gasteiger partial charge in [0.2, 0.25) is 0 Å². The van der Waals surface area contributed by atoms with Gasteiger partial charge in [0.25, 0.3) is 0 Å². The van der Waals surface area contributed by atoms with Crippen molar-refractivity contribution >= 4 is 28.7 Å². The first-order valence-corrected chi connectivity index (χ1v) is 7.28. The lowest BCUT2D eigenvalue weighted by Gasteiger charge is -2.11. The van der Waals surface area contributed by atoms with Crippen molar-refractivity contribution < 1.29 is 9.47 Å². The summed E-state index contributed by atoms with van der Waals surface area (Å²) >= 11 is 5.23. The SMILES string of the molecule is COc1ccc(NC(=S)NN=C(C)c2cccnc2)cc1OC. The van der Waals surface area contributed by atoms with E-state index in [1.807, 2.05) is 25.1 Å². The number of aromatic nitrogens is 1. The van der Waals surface area contributed by atoms with Crippen LogP contribution in [0.5, 0.6) is 11.5 Å². The summed E-state index contributed by atoms with van der Waals surface area (Å²) in [7, 11) is 3.17. The number of hydrogen-bond acceptors (Lipinski definition) is 5. The molecule has 0 saturated carbocycles. The minimum Gasteiger partial charge on any atom is -0.493 e. The fourth-order valence-corrected chi connectivity index (χ4v) is 2.01. The number of benzene rings is 1. The lowest BCUT2D eigenvalue weighted by molar-refractivity contribution is 0.355. The maximum Gasteiger partial charge on any atom is 0.191 e. The van der Waals surface area contributed by atoms with Gasteiger partial charge in [0.05, 0.1) is 19.9 Å². The van der Waals surface area contributed by atoms with Gasteiger partial charge in [-0.25, -0.2) is 0 Å². The molecule has 0 bridgehead atoms. The van der Waals surface area contributed by atoms with E-state index in [1.165, 1.54) is 0 Å². The number of thiocarbonyl (C=S) groups is 1. The minimum absolute atomic E-state index is 0.375. The lowest BCUT2D eigenvalue weighted by Crippen LogP contribution is -2.25. The topological polar surface area (TPSA) is 67.8 Å². The predicted molar refractivity (Wildman–Crippen MR) is 95.4 cm³/mol. The third-order valence-electron chi connectivity index (χ3n) is 3.05. The van der Waals surface area contributed by atoms with Crippen LogP contribution in [0.15, 0.2) is 47.8 Å². The van der Waals surface area contributed by atoms with Gasteiger partial charge in [-0.1, -0.05) is 6.07 Å². The van der Waals surface area contributed by atoms with E-state index >= 15 is 0 Å². The molecule has 23 heavy (non-hydrogen) atoms. The minimum atomic E-state index is 0.375. The molecule has 1 heterocycles. The molecule has 0 amide bonds. The van der Waals surface area contributed by atoms with Gasteiger partial charge in [-0.3, -0.25) is 10.4 Å². The Morgan fingerprint density at radius 2 is 1.96 bits per heavy atom. The molecule has 1 aromatic carbocycles. The lowest BCUT2D eigenvalue weighted by atomic mass is 10.2. The monoisotopic (exact) mass is 330 g/mol. The Bertz CT molecular complexity index is 704. The van der Waals surface area contributed by atoms with Crippen molar-refractivity contribution in [1.82, 2.24) is 10.4 Å². The molecule has 0 aliphatic rings. The Labute approximate surface area is 140 Å². The first kappa shape index (κ1) is 16.7. The number of methoxy groups -OCH3 is 2. The summed E-state index contributed by atoms with van der Waals surface area (Å²) in [6, 6.07) is 9.22. The number of nitrogens with one attached hydrogen (secondary N) is 2. The highest BCUT2D eigenvalue weighted by atomic mass is 32.1. The number of anilines is 1. The number of rotatable bonds is 5. The molecule has 2 N–H and O–H groups in total. The molecule has 0 atom stereocenters. The molecule has 0 unspecified atom stereocenters. The quantitative estimate of drug-likeness (QED) is 0.499. The fourth-order valence-electron chi connectivity index (χ4n) is 1.85. The van der Waals surface area contributed by atoms with Gasteiger partial charge in [-0.2, -0.15) is 5.10 Å². The Morgan fingerprint density at radius 3 is 2.61 bits per heavy atom. The highest BCUT2D eigenvalue weighted by Crippen LogP contribution is 2.29. The second-order valence-electron chi connectivity index (χ2n) is 4.57. The molecule has 0 saturated heterocycles. The van der Waals surface area contributed by atoms with Crippen LogP contribution in [0.3, 0.4) is 0 Å². The summed E-state index contributed by atoms with van der Waals surface area (Å²) in [5.41, 5.74) is 5.29. The van der Waals surface area contributed by atoms with Crippen molar-refractivity contribution in [3.8, 4) is 11.5 Å². The third-order valence-corrected chi connectivity index (χ3v) is 3.24. The Hall–Kier alpha value is -2.67.